The molecule has 1 amide bonds. The number of rotatable bonds is 8. The fourth-order valence-electron chi connectivity index (χ4n) is 2.50. The number of carbonyl (C=O) groups is 2. The lowest BCUT2D eigenvalue weighted by molar-refractivity contribution is -0.385. The first-order valence-corrected chi connectivity index (χ1v) is 9.19. The van der Waals surface area contributed by atoms with Gasteiger partial charge in [-0.25, -0.2) is 14.6 Å². The van der Waals surface area contributed by atoms with Crippen molar-refractivity contribution in [3.63, 3.8) is 0 Å². The zero-order valence-electron chi connectivity index (χ0n) is 16.4. The van der Waals surface area contributed by atoms with Crippen LogP contribution in [0.5, 0.6) is 11.5 Å². The molecule has 0 saturated heterocycles. The Morgan fingerprint density at radius 1 is 1.03 bits per heavy atom. The van der Waals surface area contributed by atoms with Crippen molar-refractivity contribution >= 4 is 23.8 Å². The minimum atomic E-state index is -0.824. The number of benzene rings is 3. The highest BCUT2D eigenvalue weighted by atomic mass is 19.1. The van der Waals surface area contributed by atoms with Crippen LogP contribution in [0.4, 0.5) is 10.1 Å². The van der Waals surface area contributed by atoms with E-state index in [0.717, 1.165) is 6.07 Å². The molecule has 0 atom stereocenters. The van der Waals surface area contributed by atoms with E-state index in [4.69, 9.17) is 9.47 Å². The van der Waals surface area contributed by atoms with Crippen LogP contribution in [-0.2, 0) is 4.79 Å². The van der Waals surface area contributed by atoms with Gasteiger partial charge in [0.1, 0.15) is 11.6 Å². The van der Waals surface area contributed by atoms with E-state index in [1.807, 2.05) is 0 Å². The molecule has 0 aliphatic heterocycles. The fraction of sp³-hybridized carbons (Fsp3) is 0.0455. The van der Waals surface area contributed by atoms with Gasteiger partial charge in [-0.2, -0.15) is 5.10 Å². The van der Waals surface area contributed by atoms with Crippen LogP contribution < -0.4 is 14.9 Å². The highest BCUT2D eigenvalue weighted by Gasteiger charge is 2.15. The second-order valence-electron chi connectivity index (χ2n) is 6.25. The Labute approximate surface area is 181 Å². The molecule has 3 aromatic rings. The van der Waals surface area contributed by atoms with Gasteiger partial charge in [-0.15, -0.1) is 0 Å². The van der Waals surface area contributed by atoms with Gasteiger partial charge in [0.25, 0.3) is 5.91 Å². The average molecular weight is 437 g/mol. The summed E-state index contributed by atoms with van der Waals surface area (Å²) in [6, 6.07) is 17.3. The van der Waals surface area contributed by atoms with Crippen molar-refractivity contribution < 1.29 is 28.4 Å². The standard InChI is InChI=1S/C22H16FN3O6/c23-18-6-2-1-5-17(18)22(28)32-16-11-9-15(10-12-16)13-24-25-21(27)14-31-20-8-4-3-7-19(20)26(29)30/h1-13H,14H2,(H,25,27)/b24-13-. The zero-order chi connectivity index (χ0) is 22.9. The van der Waals surface area contributed by atoms with Gasteiger partial charge in [0.2, 0.25) is 0 Å². The third-order valence-electron chi connectivity index (χ3n) is 4.01. The van der Waals surface area contributed by atoms with E-state index in [1.165, 1.54) is 54.7 Å². The number of nitro groups is 1. The van der Waals surface area contributed by atoms with Gasteiger partial charge < -0.3 is 9.47 Å². The van der Waals surface area contributed by atoms with Crippen LogP contribution in [0.25, 0.3) is 0 Å². The Morgan fingerprint density at radius 2 is 1.72 bits per heavy atom. The van der Waals surface area contributed by atoms with Gasteiger partial charge in [-0.05, 0) is 48.0 Å². The van der Waals surface area contributed by atoms with Gasteiger partial charge in [-0.1, -0.05) is 24.3 Å². The molecule has 0 spiro atoms. The molecule has 3 rings (SSSR count). The number of halogens is 1. The van der Waals surface area contributed by atoms with Crippen molar-refractivity contribution in [2.75, 3.05) is 6.61 Å². The van der Waals surface area contributed by atoms with E-state index in [9.17, 15) is 24.1 Å². The highest BCUT2D eigenvalue weighted by molar-refractivity contribution is 5.91. The summed E-state index contributed by atoms with van der Waals surface area (Å²) in [5, 5.41) is 14.7. The number of nitrogens with one attached hydrogen (secondary N) is 1. The van der Waals surface area contributed by atoms with Crippen molar-refractivity contribution in [3.05, 3.63) is 99.9 Å². The normalized spacial score (nSPS) is 10.5. The summed E-state index contributed by atoms with van der Waals surface area (Å²) in [6.45, 7) is -0.465. The summed E-state index contributed by atoms with van der Waals surface area (Å²) < 4.78 is 23.9. The second-order valence-corrected chi connectivity index (χ2v) is 6.25. The smallest absolute Gasteiger partial charge is 0.346 e. The predicted molar refractivity (Wildman–Crippen MR) is 112 cm³/mol. The Morgan fingerprint density at radius 3 is 2.44 bits per heavy atom. The molecule has 0 radical (unpaired) electrons. The molecule has 1 N–H and O–H groups in total. The number of amides is 1. The van der Waals surface area contributed by atoms with Crippen LogP contribution in [0.2, 0.25) is 0 Å². The number of nitro benzene ring substituents is 1. The molecule has 0 fully saturated rings. The maximum atomic E-state index is 13.6. The van der Waals surface area contributed by atoms with Crippen molar-refractivity contribution in [2.24, 2.45) is 5.10 Å². The topological polar surface area (TPSA) is 120 Å². The molecular formula is C22H16FN3O6. The predicted octanol–water partition coefficient (Wildman–Crippen LogP) is 3.48. The number of nitrogens with zero attached hydrogens (tertiary/aromatic N) is 2. The monoisotopic (exact) mass is 437 g/mol. The van der Waals surface area contributed by atoms with Gasteiger partial charge in [0.15, 0.2) is 12.4 Å². The summed E-state index contributed by atoms with van der Waals surface area (Å²) in [5.74, 6) is -1.94. The zero-order valence-corrected chi connectivity index (χ0v) is 16.4. The molecule has 0 heterocycles. The van der Waals surface area contributed by atoms with E-state index in [1.54, 1.807) is 18.2 Å². The van der Waals surface area contributed by atoms with Gasteiger partial charge in [0, 0.05) is 6.07 Å². The summed E-state index contributed by atoms with van der Waals surface area (Å²) in [6.07, 6.45) is 1.34. The fourth-order valence-corrected chi connectivity index (χ4v) is 2.50. The van der Waals surface area contributed by atoms with Gasteiger partial charge >= 0.3 is 11.7 Å². The van der Waals surface area contributed by atoms with E-state index in [0.29, 0.717) is 5.56 Å². The Kier molecular flexibility index (Phi) is 7.20. The van der Waals surface area contributed by atoms with Crippen LogP contribution in [0.3, 0.4) is 0 Å². The molecule has 9 nitrogen and oxygen atoms in total. The van der Waals surface area contributed by atoms with Crippen LogP contribution in [0, 0.1) is 15.9 Å². The Hall–Kier alpha value is -4.60. The third kappa shape index (κ3) is 5.95. The summed E-state index contributed by atoms with van der Waals surface area (Å²) in [4.78, 5) is 34.1. The lowest BCUT2D eigenvalue weighted by Crippen LogP contribution is -2.24. The van der Waals surface area contributed by atoms with Crippen LogP contribution in [-0.4, -0.2) is 29.6 Å². The number of esters is 1. The maximum Gasteiger partial charge on any atom is 0.346 e. The van der Waals surface area contributed by atoms with Crippen molar-refractivity contribution in [3.8, 4) is 11.5 Å². The molecule has 0 aliphatic carbocycles. The molecule has 3 aromatic carbocycles. The van der Waals surface area contributed by atoms with Gasteiger partial charge in [-0.3, -0.25) is 14.9 Å². The molecular weight excluding hydrogens is 421 g/mol. The van der Waals surface area contributed by atoms with Crippen molar-refractivity contribution in [1.82, 2.24) is 5.43 Å². The first-order chi connectivity index (χ1) is 15.4. The number of hydrogen-bond acceptors (Lipinski definition) is 7. The van der Waals surface area contributed by atoms with Crippen LogP contribution >= 0.6 is 0 Å². The summed E-state index contributed by atoms with van der Waals surface area (Å²) in [7, 11) is 0. The molecule has 0 bridgehead atoms. The summed E-state index contributed by atoms with van der Waals surface area (Å²) >= 11 is 0. The second kappa shape index (κ2) is 10.4. The minimum Gasteiger partial charge on any atom is -0.477 e. The van der Waals surface area contributed by atoms with Gasteiger partial charge in [0.05, 0.1) is 16.7 Å². The van der Waals surface area contributed by atoms with E-state index in [2.05, 4.69) is 10.5 Å². The van der Waals surface area contributed by atoms with E-state index >= 15 is 0 Å². The quantitative estimate of drug-likeness (QED) is 0.189. The Balaban J connectivity index is 1.49. The SMILES string of the molecule is O=C(COc1ccccc1[N+](=O)[O-])N/N=C\c1ccc(OC(=O)c2ccccc2F)cc1. The average Bonchev–Trinajstić information content (AvgIpc) is 2.79. The molecule has 0 saturated carbocycles. The van der Waals surface area contributed by atoms with Crippen LogP contribution in [0.1, 0.15) is 15.9 Å². The maximum absolute atomic E-state index is 13.6. The molecule has 0 aromatic heterocycles. The molecule has 0 unspecified atom stereocenters. The molecule has 162 valence electrons. The highest BCUT2D eigenvalue weighted by Crippen LogP contribution is 2.25. The van der Waals surface area contributed by atoms with Crippen molar-refractivity contribution in [2.45, 2.75) is 0 Å². The number of ether oxygens (including phenoxy) is 2. The minimum absolute atomic E-state index is 0.0304. The number of hydrogen-bond donors (Lipinski definition) is 1. The summed E-state index contributed by atoms with van der Waals surface area (Å²) in [5.41, 5.74) is 2.39. The van der Waals surface area contributed by atoms with Crippen LogP contribution in [0.15, 0.2) is 77.9 Å². The lowest BCUT2D eigenvalue weighted by Gasteiger charge is -2.06. The number of hydrazone groups is 1. The molecule has 0 aliphatic rings. The number of carbonyl (C=O) groups excluding carboxylic acids is 2. The first-order valence-electron chi connectivity index (χ1n) is 9.19. The van der Waals surface area contributed by atoms with Crippen molar-refractivity contribution in [1.29, 1.82) is 0 Å². The number of para-hydroxylation sites is 2. The van der Waals surface area contributed by atoms with E-state index in [-0.39, 0.29) is 22.7 Å². The molecule has 10 heteroatoms. The lowest BCUT2D eigenvalue weighted by atomic mass is 10.2. The first kappa shape index (κ1) is 22.1. The van der Waals surface area contributed by atoms with E-state index < -0.39 is 29.2 Å². The Bertz CT molecular complexity index is 1160. The third-order valence-corrected chi connectivity index (χ3v) is 4.01. The largest absolute Gasteiger partial charge is 0.477 e. The molecule has 32 heavy (non-hydrogen) atoms.